The van der Waals surface area contributed by atoms with Crippen molar-refractivity contribution >= 4 is 28.4 Å². The molecule has 0 bridgehead atoms. The van der Waals surface area contributed by atoms with Crippen LogP contribution in [0.15, 0.2) is 48.7 Å². The first kappa shape index (κ1) is 22.0. The van der Waals surface area contributed by atoms with Crippen molar-refractivity contribution in [3.63, 3.8) is 0 Å². The molecule has 0 aliphatic carbocycles. The fourth-order valence-corrected chi connectivity index (χ4v) is 4.18. The molecule has 7 heteroatoms. The van der Waals surface area contributed by atoms with E-state index in [1.54, 1.807) is 6.20 Å². The summed E-state index contributed by atoms with van der Waals surface area (Å²) in [4.78, 5) is 22.9. The summed E-state index contributed by atoms with van der Waals surface area (Å²) in [7, 11) is 0. The third-order valence-electron chi connectivity index (χ3n) is 5.87. The number of hydrogen-bond donors (Lipinski definition) is 2. The van der Waals surface area contributed by atoms with E-state index in [0.717, 1.165) is 60.3 Å². The van der Waals surface area contributed by atoms with Crippen LogP contribution in [-0.4, -0.2) is 46.0 Å². The summed E-state index contributed by atoms with van der Waals surface area (Å²) in [6.07, 6.45) is 5.37. The highest BCUT2D eigenvalue weighted by Gasteiger charge is 2.20. The molecule has 168 valence electrons. The molecule has 3 aromatic rings. The number of nitrogens with two attached hydrogens (primary N) is 1. The van der Waals surface area contributed by atoms with Gasteiger partial charge in [-0.05, 0) is 63.4 Å². The van der Waals surface area contributed by atoms with Gasteiger partial charge < -0.3 is 20.7 Å². The number of para-hydroxylation sites is 1. The molecule has 1 aliphatic rings. The van der Waals surface area contributed by atoms with E-state index in [0.29, 0.717) is 12.0 Å². The van der Waals surface area contributed by atoms with E-state index >= 15 is 0 Å². The van der Waals surface area contributed by atoms with Crippen LogP contribution in [0.2, 0.25) is 0 Å². The van der Waals surface area contributed by atoms with Crippen LogP contribution in [-0.2, 0) is 11.2 Å². The minimum Gasteiger partial charge on any atom is -0.488 e. The van der Waals surface area contributed by atoms with E-state index in [1.165, 1.54) is 0 Å². The molecular formula is C25H31N5O2. The molecule has 1 aromatic heterocycles. The molecule has 0 spiro atoms. The van der Waals surface area contributed by atoms with E-state index in [1.807, 2.05) is 42.5 Å². The average molecular weight is 434 g/mol. The number of fused-ring (bicyclic) bond motifs is 1. The molecule has 7 nitrogen and oxygen atoms in total. The monoisotopic (exact) mass is 433 g/mol. The highest BCUT2D eigenvalue weighted by atomic mass is 16.5. The molecule has 0 radical (unpaired) electrons. The number of benzene rings is 2. The van der Waals surface area contributed by atoms with Crippen LogP contribution in [0.4, 0.5) is 11.6 Å². The number of ether oxygens (including phenoxy) is 1. The SMILES string of the molecule is CC(C)N1CCCC(Oc2cccc3cnc(Nc4cccc(CC(N)=O)c4)nc23)CC1. The van der Waals surface area contributed by atoms with Crippen LogP contribution in [0.1, 0.15) is 38.7 Å². The topological polar surface area (TPSA) is 93.4 Å². The first-order chi connectivity index (χ1) is 15.5. The Kier molecular flexibility index (Phi) is 6.85. The van der Waals surface area contributed by atoms with Gasteiger partial charge in [0.15, 0.2) is 0 Å². The highest BCUT2D eigenvalue weighted by molar-refractivity contribution is 5.85. The van der Waals surface area contributed by atoms with Gasteiger partial charge in [0.05, 0.1) is 6.42 Å². The Morgan fingerprint density at radius 3 is 2.88 bits per heavy atom. The minimum absolute atomic E-state index is 0.182. The number of aromatic nitrogens is 2. The molecule has 1 saturated heterocycles. The Morgan fingerprint density at radius 2 is 2.06 bits per heavy atom. The lowest BCUT2D eigenvalue weighted by Crippen LogP contribution is -2.32. The van der Waals surface area contributed by atoms with Crippen molar-refractivity contribution in [2.24, 2.45) is 5.73 Å². The number of anilines is 2. The third-order valence-corrected chi connectivity index (χ3v) is 5.87. The third kappa shape index (κ3) is 5.53. The van der Waals surface area contributed by atoms with Crippen LogP contribution in [0.5, 0.6) is 5.75 Å². The van der Waals surface area contributed by atoms with Crippen molar-refractivity contribution in [2.45, 2.75) is 51.7 Å². The van der Waals surface area contributed by atoms with E-state index in [2.05, 4.69) is 29.0 Å². The summed E-state index contributed by atoms with van der Waals surface area (Å²) in [5.41, 5.74) is 7.76. The van der Waals surface area contributed by atoms with Gasteiger partial charge in [-0.3, -0.25) is 4.79 Å². The van der Waals surface area contributed by atoms with Gasteiger partial charge >= 0.3 is 0 Å². The Hall–Kier alpha value is -3.19. The number of nitrogens with one attached hydrogen (secondary N) is 1. The zero-order valence-corrected chi connectivity index (χ0v) is 18.8. The second-order valence-corrected chi connectivity index (χ2v) is 8.66. The summed E-state index contributed by atoms with van der Waals surface area (Å²) in [5, 5.41) is 4.17. The fraction of sp³-hybridized carbons (Fsp3) is 0.400. The second-order valence-electron chi connectivity index (χ2n) is 8.66. The van der Waals surface area contributed by atoms with Crippen molar-refractivity contribution in [3.8, 4) is 5.75 Å². The molecule has 1 atom stereocenters. The van der Waals surface area contributed by atoms with Crippen molar-refractivity contribution < 1.29 is 9.53 Å². The maximum absolute atomic E-state index is 11.2. The predicted octanol–water partition coefficient (Wildman–Crippen LogP) is 4.04. The van der Waals surface area contributed by atoms with Crippen molar-refractivity contribution in [3.05, 3.63) is 54.2 Å². The Morgan fingerprint density at radius 1 is 1.22 bits per heavy atom. The van der Waals surface area contributed by atoms with E-state index in [9.17, 15) is 4.79 Å². The number of likely N-dealkylation sites (tertiary alicyclic amines) is 1. The number of rotatable bonds is 7. The van der Waals surface area contributed by atoms with Gasteiger partial charge in [0, 0.05) is 29.9 Å². The number of carbonyl (C=O) groups is 1. The summed E-state index contributed by atoms with van der Waals surface area (Å²) in [6.45, 7) is 6.68. The van der Waals surface area contributed by atoms with Crippen molar-refractivity contribution in [1.29, 1.82) is 0 Å². The number of amides is 1. The molecule has 1 unspecified atom stereocenters. The standard InChI is InChI=1S/C25H31N5O2/c1-17(2)30-12-5-9-21(11-13-30)32-22-10-4-7-19-16-27-25(29-24(19)22)28-20-8-3-6-18(14-20)15-23(26)31/h3-4,6-8,10,14,16-17,21H,5,9,11-13,15H2,1-2H3,(H2,26,31)(H,27,28,29). The summed E-state index contributed by atoms with van der Waals surface area (Å²) in [6, 6.07) is 14.1. The normalized spacial score (nSPS) is 17.3. The number of hydrogen-bond acceptors (Lipinski definition) is 6. The summed E-state index contributed by atoms with van der Waals surface area (Å²) in [5.74, 6) is 0.913. The molecule has 2 heterocycles. The molecule has 1 amide bonds. The Labute approximate surface area is 189 Å². The van der Waals surface area contributed by atoms with Crippen LogP contribution in [0.25, 0.3) is 10.9 Å². The lowest BCUT2D eigenvalue weighted by molar-refractivity contribution is -0.117. The number of carbonyl (C=O) groups excluding carboxylic acids is 1. The van der Waals surface area contributed by atoms with Crippen LogP contribution >= 0.6 is 0 Å². The molecule has 4 rings (SSSR count). The largest absolute Gasteiger partial charge is 0.488 e. The van der Waals surface area contributed by atoms with Crippen molar-refractivity contribution in [2.75, 3.05) is 18.4 Å². The fourth-order valence-electron chi connectivity index (χ4n) is 4.18. The Bertz CT molecular complexity index is 1080. The van der Waals surface area contributed by atoms with Gasteiger partial charge in [-0.15, -0.1) is 0 Å². The lowest BCUT2D eigenvalue weighted by Gasteiger charge is -2.24. The molecule has 3 N–H and O–H groups in total. The first-order valence-electron chi connectivity index (χ1n) is 11.3. The molecular weight excluding hydrogens is 402 g/mol. The smallest absolute Gasteiger partial charge is 0.227 e. The quantitative estimate of drug-likeness (QED) is 0.584. The maximum Gasteiger partial charge on any atom is 0.227 e. The maximum atomic E-state index is 11.2. The summed E-state index contributed by atoms with van der Waals surface area (Å²) < 4.78 is 6.45. The number of nitrogens with zero attached hydrogens (tertiary/aromatic N) is 3. The second kappa shape index (κ2) is 9.96. The molecule has 1 aliphatic heterocycles. The van der Waals surface area contributed by atoms with Gasteiger partial charge in [0.1, 0.15) is 17.4 Å². The molecule has 2 aromatic carbocycles. The van der Waals surface area contributed by atoms with Gasteiger partial charge in [-0.25, -0.2) is 9.97 Å². The van der Waals surface area contributed by atoms with Crippen LogP contribution < -0.4 is 15.8 Å². The van der Waals surface area contributed by atoms with E-state index in [-0.39, 0.29) is 18.4 Å². The van der Waals surface area contributed by atoms with E-state index < -0.39 is 0 Å². The summed E-state index contributed by atoms with van der Waals surface area (Å²) >= 11 is 0. The molecule has 1 fully saturated rings. The molecule has 0 saturated carbocycles. The zero-order valence-electron chi connectivity index (χ0n) is 18.8. The van der Waals surface area contributed by atoms with Gasteiger partial charge in [0.25, 0.3) is 0 Å². The minimum atomic E-state index is -0.360. The average Bonchev–Trinajstić information content (AvgIpc) is 3.00. The van der Waals surface area contributed by atoms with Gasteiger partial charge in [-0.2, -0.15) is 0 Å². The van der Waals surface area contributed by atoms with Crippen molar-refractivity contribution in [1.82, 2.24) is 14.9 Å². The number of primary amides is 1. The van der Waals surface area contributed by atoms with Crippen LogP contribution in [0, 0.1) is 0 Å². The molecule has 32 heavy (non-hydrogen) atoms. The first-order valence-corrected chi connectivity index (χ1v) is 11.3. The van der Waals surface area contributed by atoms with E-state index in [4.69, 9.17) is 15.5 Å². The predicted molar refractivity (Wildman–Crippen MR) is 127 cm³/mol. The highest BCUT2D eigenvalue weighted by Crippen LogP contribution is 2.28. The zero-order chi connectivity index (χ0) is 22.5. The van der Waals surface area contributed by atoms with Crippen LogP contribution in [0.3, 0.4) is 0 Å². The Balaban J connectivity index is 1.53. The lowest BCUT2D eigenvalue weighted by atomic mass is 10.1. The van der Waals surface area contributed by atoms with Gasteiger partial charge in [0.2, 0.25) is 11.9 Å². The van der Waals surface area contributed by atoms with Gasteiger partial charge in [-0.1, -0.05) is 24.3 Å².